The number of carbonyl (C=O) groups excluding carboxylic acids is 1. The summed E-state index contributed by atoms with van der Waals surface area (Å²) in [4.78, 5) is 21.2. The van der Waals surface area contributed by atoms with Gasteiger partial charge in [0, 0.05) is 7.05 Å². The molecule has 0 bridgehead atoms. The second-order valence-electron chi connectivity index (χ2n) is 2.60. The summed E-state index contributed by atoms with van der Waals surface area (Å²) in [5.41, 5.74) is -2.52. The number of aromatic nitrogens is 1. The van der Waals surface area contributed by atoms with Gasteiger partial charge in [-0.3, -0.25) is 9.59 Å². The second kappa shape index (κ2) is 3.28. The maximum atomic E-state index is 12.2. The first kappa shape index (κ1) is 10.5. The molecule has 3 nitrogen and oxygen atoms in total. The zero-order valence-electron chi connectivity index (χ0n) is 7.05. The zero-order chi connectivity index (χ0) is 10.9. The molecule has 0 aromatic carbocycles. The Morgan fingerprint density at radius 1 is 1.36 bits per heavy atom. The molecule has 6 heteroatoms. The molecule has 0 N–H and O–H groups in total. The predicted molar refractivity (Wildman–Crippen MR) is 41.5 cm³/mol. The molecule has 1 aromatic heterocycles. The van der Waals surface area contributed by atoms with Crippen molar-refractivity contribution in [3.05, 3.63) is 33.7 Å². The van der Waals surface area contributed by atoms with Gasteiger partial charge in [0.05, 0.1) is 5.56 Å². The van der Waals surface area contributed by atoms with Crippen LogP contribution in [0.4, 0.5) is 13.2 Å². The fourth-order valence-corrected chi connectivity index (χ4v) is 0.998. The van der Waals surface area contributed by atoms with Gasteiger partial charge in [-0.1, -0.05) is 0 Å². The molecule has 75 valence electrons. The third kappa shape index (κ3) is 1.68. The SMILES string of the molecule is Cn1c(C(F)(F)F)ccc([C]=O)c1=O. The second-order valence-corrected chi connectivity index (χ2v) is 2.60. The molecule has 1 radical (unpaired) electrons. The van der Waals surface area contributed by atoms with E-state index in [1.54, 1.807) is 0 Å². The molecule has 0 atom stereocenters. The quantitative estimate of drug-likeness (QED) is 0.680. The van der Waals surface area contributed by atoms with Gasteiger partial charge < -0.3 is 4.57 Å². The van der Waals surface area contributed by atoms with Crippen LogP contribution in [0.2, 0.25) is 0 Å². The Balaban J connectivity index is 3.47. The third-order valence-electron chi connectivity index (χ3n) is 1.70. The first-order valence-corrected chi connectivity index (χ1v) is 3.53. The first-order valence-electron chi connectivity index (χ1n) is 3.53. The van der Waals surface area contributed by atoms with Crippen LogP contribution in [0.5, 0.6) is 0 Å². The number of pyridine rings is 1. The van der Waals surface area contributed by atoms with Gasteiger partial charge in [0.1, 0.15) is 5.69 Å². The minimum atomic E-state index is -4.60. The Labute approximate surface area is 76.8 Å². The summed E-state index contributed by atoms with van der Waals surface area (Å²) in [7, 11) is 0.950. The van der Waals surface area contributed by atoms with E-state index in [2.05, 4.69) is 0 Å². The van der Waals surface area contributed by atoms with Gasteiger partial charge in [0.15, 0.2) is 0 Å². The molecule has 0 saturated heterocycles. The van der Waals surface area contributed by atoms with Crippen LogP contribution in [-0.4, -0.2) is 10.9 Å². The number of nitrogens with zero attached hydrogens (tertiary/aromatic N) is 1. The topological polar surface area (TPSA) is 39.1 Å². The van der Waals surface area contributed by atoms with Gasteiger partial charge in [-0.05, 0) is 12.1 Å². The molecule has 0 saturated carbocycles. The zero-order valence-corrected chi connectivity index (χ0v) is 7.05. The minimum Gasteiger partial charge on any atom is -0.307 e. The Hall–Kier alpha value is -1.59. The van der Waals surface area contributed by atoms with Crippen molar-refractivity contribution in [3.63, 3.8) is 0 Å². The molecule has 0 amide bonds. The van der Waals surface area contributed by atoms with Gasteiger partial charge in [-0.25, -0.2) is 0 Å². The molecular weight excluding hydrogens is 199 g/mol. The molecule has 0 unspecified atom stereocenters. The third-order valence-corrected chi connectivity index (χ3v) is 1.70. The highest BCUT2D eigenvalue weighted by molar-refractivity contribution is 5.74. The van der Waals surface area contributed by atoms with Crippen LogP contribution in [-0.2, 0) is 18.0 Å². The van der Waals surface area contributed by atoms with E-state index in [9.17, 15) is 22.8 Å². The average molecular weight is 204 g/mol. The van der Waals surface area contributed by atoms with Crippen molar-refractivity contribution in [2.45, 2.75) is 6.18 Å². The highest BCUT2D eigenvalue weighted by atomic mass is 19.4. The fraction of sp³-hybridized carbons (Fsp3) is 0.250. The summed E-state index contributed by atoms with van der Waals surface area (Å²) in [5, 5.41) is 0. The molecular formula is C8H5F3NO2. The van der Waals surface area contributed by atoms with Gasteiger partial charge >= 0.3 is 6.18 Å². The van der Waals surface area contributed by atoms with Crippen molar-refractivity contribution in [1.29, 1.82) is 0 Å². The average Bonchev–Trinajstić information content (AvgIpc) is 2.07. The number of alkyl halides is 3. The maximum Gasteiger partial charge on any atom is 0.431 e. The Morgan fingerprint density at radius 3 is 2.36 bits per heavy atom. The number of hydrogen-bond donors (Lipinski definition) is 0. The van der Waals surface area contributed by atoms with Crippen LogP contribution < -0.4 is 5.56 Å². The van der Waals surface area contributed by atoms with Gasteiger partial charge in [-0.15, -0.1) is 0 Å². The summed E-state index contributed by atoms with van der Waals surface area (Å²) in [6.07, 6.45) is -3.34. The van der Waals surface area contributed by atoms with Crippen molar-refractivity contribution in [3.8, 4) is 0 Å². The summed E-state index contributed by atoms with van der Waals surface area (Å²) in [6, 6.07) is 1.47. The Kier molecular flexibility index (Phi) is 2.46. The number of halogens is 3. The lowest BCUT2D eigenvalue weighted by atomic mass is 10.2. The van der Waals surface area contributed by atoms with E-state index in [-0.39, 0.29) is 0 Å². The number of hydrogen-bond acceptors (Lipinski definition) is 2. The van der Waals surface area contributed by atoms with E-state index >= 15 is 0 Å². The molecule has 0 spiro atoms. The van der Waals surface area contributed by atoms with Crippen molar-refractivity contribution in [2.75, 3.05) is 0 Å². The standard InChI is InChI=1S/C8H5F3NO2/c1-12-6(8(9,10)11)3-2-5(4-13)7(12)14/h2-3H,1H3. The van der Waals surface area contributed by atoms with Crippen LogP contribution >= 0.6 is 0 Å². The molecule has 0 aliphatic carbocycles. The van der Waals surface area contributed by atoms with Gasteiger partial charge in [0.2, 0.25) is 6.29 Å². The molecule has 1 rings (SSSR count). The van der Waals surface area contributed by atoms with E-state index in [1.165, 1.54) is 6.29 Å². The Morgan fingerprint density at radius 2 is 1.93 bits per heavy atom. The van der Waals surface area contributed by atoms with Gasteiger partial charge in [-0.2, -0.15) is 13.2 Å². The van der Waals surface area contributed by atoms with Crippen molar-refractivity contribution in [2.24, 2.45) is 7.05 Å². The first-order chi connectivity index (χ1) is 6.38. The lowest BCUT2D eigenvalue weighted by molar-refractivity contribution is -0.143. The van der Waals surface area contributed by atoms with Crippen LogP contribution in [0.15, 0.2) is 16.9 Å². The molecule has 14 heavy (non-hydrogen) atoms. The molecule has 0 aliphatic heterocycles. The number of rotatable bonds is 1. The van der Waals surface area contributed by atoms with E-state index in [0.29, 0.717) is 10.6 Å². The smallest absolute Gasteiger partial charge is 0.307 e. The molecule has 1 aromatic rings. The van der Waals surface area contributed by atoms with Crippen molar-refractivity contribution < 1.29 is 18.0 Å². The highest BCUT2D eigenvalue weighted by Crippen LogP contribution is 2.27. The van der Waals surface area contributed by atoms with Crippen LogP contribution in [0.25, 0.3) is 0 Å². The highest BCUT2D eigenvalue weighted by Gasteiger charge is 2.33. The van der Waals surface area contributed by atoms with E-state index in [1.807, 2.05) is 0 Å². The summed E-state index contributed by atoms with van der Waals surface area (Å²) in [5.74, 6) is 0. The largest absolute Gasteiger partial charge is 0.431 e. The summed E-state index contributed by atoms with van der Waals surface area (Å²) < 4.78 is 37.0. The van der Waals surface area contributed by atoms with E-state index in [4.69, 9.17) is 0 Å². The Bertz CT molecular complexity index is 420. The minimum absolute atomic E-state index is 0.375. The fourth-order valence-electron chi connectivity index (χ4n) is 0.998. The molecule has 0 aliphatic rings. The van der Waals surface area contributed by atoms with Crippen LogP contribution in [0, 0.1) is 0 Å². The van der Waals surface area contributed by atoms with E-state index in [0.717, 1.165) is 13.1 Å². The van der Waals surface area contributed by atoms with E-state index < -0.39 is 23.0 Å². The lowest BCUT2D eigenvalue weighted by Gasteiger charge is -2.10. The molecule has 0 fully saturated rings. The van der Waals surface area contributed by atoms with Crippen LogP contribution in [0.1, 0.15) is 11.3 Å². The van der Waals surface area contributed by atoms with Gasteiger partial charge in [0.25, 0.3) is 5.56 Å². The van der Waals surface area contributed by atoms with Crippen molar-refractivity contribution in [1.82, 2.24) is 4.57 Å². The van der Waals surface area contributed by atoms with Crippen LogP contribution in [0.3, 0.4) is 0 Å². The summed E-state index contributed by atoms with van der Waals surface area (Å²) >= 11 is 0. The maximum absolute atomic E-state index is 12.2. The lowest BCUT2D eigenvalue weighted by Crippen LogP contribution is -2.27. The normalized spacial score (nSPS) is 11.4. The predicted octanol–water partition coefficient (Wildman–Crippen LogP) is 0.862. The van der Waals surface area contributed by atoms with Crippen molar-refractivity contribution >= 4 is 6.29 Å². The molecule has 1 heterocycles. The monoisotopic (exact) mass is 204 g/mol. The summed E-state index contributed by atoms with van der Waals surface area (Å²) in [6.45, 7) is 0.